The molecule has 17 heavy (non-hydrogen) atoms. The van der Waals surface area contributed by atoms with Crippen LogP contribution < -0.4 is 14.8 Å². The van der Waals surface area contributed by atoms with E-state index in [-0.39, 0.29) is 0 Å². The fourth-order valence-corrected chi connectivity index (χ4v) is 2.16. The average molecular weight is 237 g/mol. The van der Waals surface area contributed by atoms with Crippen molar-refractivity contribution in [2.45, 2.75) is 32.2 Å². The lowest BCUT2D eigenvalue weighted by Gasteiger charge is -2.13. The lowest BCUT2D eigenvalue weighted by molar-refractivity contribution is 0.361. The van der Waals surface area contributed by atoms with Crippen molar-refractivity contribution in [1.29, 1.82) is 0 Å². The third-order valence-electron chi connectivity index (χ3n) is 3.08. The highest BCUT2D eigenvalue weighted by molar-refractivity contribution is 5.34. The van der Waals surface area contributed by atoms with Crippen LogP contribution in [0.2, 0.25) is 0 Å². The van der Waals surface area contributed by atoms with E-state index in [4.69, 9.17) is 9.47 Å². The van der Waals surface area contributed by atoms with E-state index < -0.39 is 0 Å². The average Bonchev–Trinajstić information content (AvgIpc) is 2.84. The minimum Gasteiger partial charge on any atom is -0.481 e. The second-order valence-electron chi connectivity index (χ2n) is 4.28. The van der Waals surface area contributed by atoms with Gasteiger partial charge in [-0.3, -0.25) is 0 Å². The van der Waals surface area contributed by atoms with Crippen molar-refractivity contribution in [1.82, 2.24) is 15.3 Å². The minimum atomic E-state index is 0.479. The number of ether oxygens (including phenoxy) is 2. The zero-order valence-corrected chi connectivity index (χ0v) is 10.6. The van der Waals surface area contributed by atoms with Crippen molar-refractivity contribution in [2.24, 2.45) is 0 Å². The Kier molecular flexibility index (Phi) is 3.78. The zero-order chi connectivity index (χ0) is 12.3. The van der Waals surface area contributed by atoms with E-state index in [1.807, 2.05) is 6.92 Å². The second-order valence-corrected chi connectivity index (χ2v) is 4.28. The Morgan fingerprint density at radius 3 is 2.35 bits per heavy atom. The van der Waals surface area contributed by atoms with Gasteiger partial charge in [0.2, 0.25) is 11.8 Å². The third kappa shape index (κ3) is 2.66. The summed E-state index contributed by atoms with van der Waals surface area (Å²) in [5.74, 6) is 1.98. The minimum absolute atomic E-state index is 0.479. The number of hydrogen-bond acceptors (Lipinski definition) is 5. The maximum Gasteiger partial charge on any atom is 0.223 e. The molecule has 0 amide bonds. The molecule has 2 heterocycles. The summed E-state index contributed by atoms with van der Waals surface area (Å²) in [5.41, 5.74) is 0.845. The highest BCUT2D eigenvalue weighted by Crippen LogP contribution is 2.24. The normalized spacial score (nSPS) is 19.4. The molecular weight excluding hydrogens is 218 g/mol. The molecule has 94 valence electrons. The standard InChI is InChI=1S/C12H19N3O2/c1-8-11(16-2)14-10(15-12(8)17-3)7-9-5-4-6-13-9/h9,13H,4-7H2,1-3H3. The molecule has 2 rings (SSSR count). The highest BCUT2D eigenvalue weighted by atomic mass is 16.5. The molecule has 5 nitrogen and oxygen atoms in total. The van der Waals surface area contributed by atoms with Crippen molar-refractivity contribution in [2.75, 3.05) is 20.8 Å². The Morgan fingerprint density at radius 2 is 1.88 bits per heavy atom. The molecule has 1 aromatic heterocycles. The summed E-state index contributed by atoms with van der Waals surface area (Å²) in [6.07, 6.45) is 3.24. The van der Waals surface area contributed by atoms with Crippen molar-refractivity contribution in [3.63, 3.8) is 0 Å². The van der Waals surface area contributed by atoms with Gasteiger partial charge in [-0.25, -0.2) is 0 Å². The maximum atomic E-state index is 5.24. The van der Waals surface area contributed by atoms with Gasteiger partial charge in [0.25, 0.3) is 0 Å². The van der Waals surface area contributed by atoms with Gasteiger partial charge in [0.1, 0.15) is 5.82 Å². The van der Waals surface area contributed by atoms with Crippen molar-refractivity contribution in [3.05, 3.63) is 11.4 Å². The lowest BCUT2D eigenvalue weighted by atomic mass is 10.1. The summed E-state index contributed by atoms with van der Waals surface area (Å²) in [5, 5.41) is 3.43. The molecule has 1 N–H and O–H groups in total. The maximum absolute atomic E-state index is 5.24. The van der Waals surface area contributed by atoms with E-state index in [9.17, 15) is 0 Å². The van der Waals surface area contributed by atoms with Gasteiger partial charge in [-0.2, -0.15) is 9.97 Å². The van der Waals surface area contributed by atoms with E-state index in [1.54, 1.807) is 14.2 Å². The molecule has 1 unspecified atom stereocenters. The molecule has 5 heteroatoms. The fraction of sp³-hybridized carbons (Fsp3) is 0.667. The molecule has 1 aliphatic heterocycles. The van der Waals surface area contributed by atoms with Crippen LogP contribution in [-0.4, -0.2) is 36.8 Å². The predicted octanol–water partition coefficient (Wildman–Crippen LogP) is 1.10. The third-order valence-corrected chi connectivity index (χ3v) is 3.08. The number of rotatable bonds is 4. The Hall–Kier alpha value is -1.36. The van der Waals surface area contributed by atoms with Crippen LogP contribution in [0.15, 0.2) is 0 Å². The summed E-state index contributed by atoms with van der Waals surface area (Å²) in [6, 6.07) is 0.479. The van der Waals surface area contributed by atoms with Crippen LogP contribution in [0.25, 0.3) is 0 Å². The molecular formula is C12H19N3O2. The summed E-state index contributed by atoms with van der Waals surface area (Å²) in [4.78, 5) is 8.82. The molecule has 0 saturated carbocycles. The highest BCUT2D eigenvalue weighted by Gasteiger charge is 2.18. The summed E-state index contributed by atoms with van der Waals surface area (Å²) in [7, 11) is 3.23. The molecule has 0 aliphatic carbocycles. The summed E-state index contributed by atoms with van der Waals surface area (Å²) >= 11 is 0. The van der Waals surface area contributed by atoms with Gasteiger partial charge < -0.3 is 14.8 Å². The molecule has 1 saturated heterocycles. The quantitative estimate of drug-likeness (QED) is 0.849. The number of nitrogens with zero attached hydrogens (tertiary/aromatic N) is 2. The van der Waals surface area contributed by atoms with E-state index in [2.05, 4.69) is 15.3 Å². The molecule has 1 fully saturated rings. The Balaban J connectivity index is 2.21. The molecule has 1 atom stereocenters. The van der Waals surface area contributed by atoms with E-state index in [1.165, 1.54) is 12.8 Å². The summed E-state index contributed by atoms with van der Waals surface area (Å²) < 4.78 is 10.5. The number of methoxy groups -OCH3 is 2. The van der Waals surface area contributed by atoms with Crippen LogP contribution in [0.1, 0.15) is 24.2 Å². The number of aromatic nitrogens is 2. The van der Waals surface area contributed by atoms with Crippen LogP contribution in [-0.2, 0) is 6.42 Å². The zero-order valence-electron chi connectivity index (χ0n) is 10.6. The largest absolute Gasteiger partial charge is 0.481 e. The van der Waals surface area contributed by atoms with Crippen LogP contribution in [0.3, 0.4) is 0 Å². The monoisotopic (exact) mass is 237 g/mol. The molecule has 0 spiro atoms. The van der Waals surface area contributed by atoms with Gasteiger partial charge in [-0.05, 0) is 26.3 Å². The topological polar surface area (TPSA) is 56.3 Å². The van der Waals surface area contributed by atoms with Crippen molar-refractivity contribution < 1.29 is 9.47 Å². The van der Waals surface area contributed by atoms with Gasteiger partial charge in [0.05, 0.1) is 19.8 Å². The Morgan fingerprint density at radius 1 is 1.24 bits per heavy atom. The summed E-state index contributed by atoms with van der Waals surface area (Å²) in [6.45, 7) is 2.99. The fourth-order valence-electron chi connectivity index (χ4n) is 2.16. The first kappa shape index (κ1) is 12.1. The van der Waals surface area contributed by atoms with Gasteiger partial charge in [0, 0.05) is 12.5 Å². The van der Waals surface area contributed by atoms with Gasteiger partial charge >= 0.3 is 0 Å². The van der Waals surface area contributed by atoms with Crippen molar-refractivity contribution in [3.8, 4) is 11.8 Å². The first-order valence-electron chi connectivity index (χ1n) is 5.93. The van der Waals surface area contributed by atoms with Crippen LogP contribution in [0.4, 0.5) is 0 Å². The van der Waals surface area contributed by atoms with Crippen LogP contribution >= 0.6 is 0 Å². The van der Waals surface area contributed by atoms with Crippen LogP contribution in [0.5, 0.6) is 11.8 Å². The Bertz CT molecular complexity index is 364. The van der Waals surface area contributed by atoms with Gasteiger partial charge in [0.15, 0.2) is 0 Å². The second kappa shape index (κ2) is 5.31. The SMILES string of the molecule is COc1nc(CC2CCCN2)nc(OC)c1C. The van der Waals surface area contributed by atoms with E-state index in [0.29, 0.717) is 17.8 Å². The predicted molar refractivity (Wildman–Crippen MR) is 64.6 cm³/mol. The lowest BCUT2D eigenvalue weighted by Crippen LogP contribution is -2.24. The van der Waals surface area contributed by atoms with Gasteiger partial charge in [-0.15, -0.1) is 0 Å². The first-order valence-corrected chi connectivity index (χ1v) is 5.93. The van der Waals surface area contributed by atoms with Gasteiger partial charge in [-0.1, -0.05) is 0 Å². The van der Waals surface area contributed by atoms with Crippen molar-refractivity contribution >= 4 is 0 Å². The van der Waals surface area contributed by atoms with E-state index in [0.717, 1.165) is 24.4 Å². The molecule has 1 aliphatic rings. The number of hydrogen-bond donors (Lipinski definition) is 1. The molecule has 0 radical (unpaired) electrons. The Labute approximate surface area is 102 Å². The number of nitrogens with one attached hydrogen (secondary N) is 1. The van der Waals surface area contributed by atoms with E-state index >= 15 is 0 Å². The molecule has 1 aromatic rings. The molecule has 0 aromatic carbocycles. The van der Waals surface area contributed by atoms with Crippen LogP contribution in [0, 0.1) is 6.92 Å². The molecule has 0 bridgehead atoms. The first-order chi connectivity index (χ1) is 8.24. The smallest absolute Gasteiger partial charge is 0.223 e.